The van der Waals surface area contributed by atoms with Gasteiger partial charge in [-0.1, -0.05) is 32.0 Å². The maximum absolute atomic E-state index is 12.4. The lowest BCUT2D eigenvalue weighted by Crippen LogP contribution is -2.47. The van der Waals surface area contributed by atoms with E-state index in [0.29, 0.717) is 18.2 Å². The van der Waals surface area contributed by atoms with Crippen molar-refractivity contribution in [2.75, 3.05) is 31.9 Å². The van der Waals surface area contributed by atoms with Crippen LogP contribution in [0.1, 0.15) is 32.3 Å². The number of piperidine rings is 1. The fourth-order valence-corrected chi connectivity index (χ4v) is 3.19. The van der Waals surface area contributed by atoms with Gasteiger partial charge < -0.3 is 15.5 Å². The van der Waals surface area contributed by atoms with Gasteiger partial charge in [0.15, 0.2) is 0 Å². The second kappa shape index (κ2) is 7.46. The molecule has 0 saturated carbocycles. The van der Waals surface area contributed by atoms with E-state index >= 15 is 0 Å². The quantitative estimate of drug-likeness (QED) is 0.845. The lowest BCUT2D eigenvalue weighted by Gasteiger charge is -2.37. The van der Waals surface area contributed by atoms with Crippen LogP contribution in [0.4, 0.5) is 5.69 Å². The van der Waals surface area contributed by atoms with E-state index in [-0.39, 0.29) is 5.91 Å². The maximum atomic E-state index is 12.4. The van der Waals surface area contributed by atoms with Crippen LogP contribution in [-0.4, -0.2) is 47.9 Å². The molecule has 1 aromatic carbocycles. The number of benzene rings is 1. The highest BCUT2D eigenvalue weighted by atomic mass is 16.2. The standard InChI is InChI=1S/C17H27N3O/c1-3-19(4-2)15-9-11-20(12-10-15)17(21)13-14-7-5-6-8-16(14)18/h5-8,15H,3-4,9-13,18H2,1-2H3. The SMILES string of the molecule is CCN(CC)C1CCN(C(=O)Cc2ccccc2N)CC1. The summed E-state index contributed by atoms with van der Waals surface area (Å²) in [6.45, 7) is 8.34. The maximum Gasteiger partial charge on any atom is 0.227 e. The highest BCUT2D eigenvalue weighted by molar-refractivity contribution is 5.80. The lowest BCUT2D eigenvalue weighted by molar-refractivity contribution is -0.132. The molecule has 116 valence electrons. The average molecular weight is 289 g/mol. The van der Waals surface area contributed by atoms with Crippen LogP contribution < -0.4 is 5.73 Å². The van der Waals surface area contributed by atoms with E-state index in [1.54, 1.807) is 0 Å². The van der Waals surface area contributed by atoms with Crippen molar-refractivity contribution >= 4 is 11.6 Å². The number of anilines is 1. The van der Waals surface area contributed by atoms with Crippen LogP contribution >= 0.6 is 0 Å². The van der Waals surface area contributed by atoms with Crippen LogP contribution in [0.2, 0.25) is 0 Å². The van der Waals surface area contributed by atoms with Crippen LogP contribution in [0, 0.1) is 0 Å². The van der Waals surface area contributed by atoms with Gasteiger partial charge in [-0.2, -0.15) is 0 Å². The van der Waals surface area contributed by atoms with Gasteiger partial charge in [-0.15, -0.1) is 0 Å². The number of hydrogen-bond acceptors (Lipinski definition) is 3. The Labute approximate surface area is 127 Å². The Hall–Kier alpha value is -1.55. The van der Waals surface area contributed by atoms with Crippen molar-refractivity contribution in [3.8, 4) is 0 Å². The van der Waals surface area contributed by atoms with Gasteiger partial charge in [0.05, 0.1) is 6.42 Å². The molecule has 0 bridgehead atoms. The minimum absolute atomic E-state index is 0.200. The molecule has 2 rings (SSSR count). The number of rotatable bonds is 5. The van der Waals surface area contributed by atoms with Crippen LogP contribution in [0.3, 0.4) is 0 Å². The Morgan fingerprint density at radius 3 is 2.43 bits per heavy atom. The summed E-state index contributed by atoms with van der Waals surface area (Å²) in [5.41, 5.74) is 7.57. The topological polar surface area (TPSA) is 49.6 Å². The van der Waals surface area contributed by atoms with Gasteiger partial charge in [-0.3, -0.25) is 4.79 Å². The number of likely N-dealkylation sites (tertiary alicyclic amines) is 1. The molecule has 1 aliphatic heterocycles. The molecule has 4 heteroatoms. The molecule has 4 nitrogen and oxygen atoms in total. The van der Waals surface area contributed by atoms with Gasteiger partial charge in [0.1, 0.15) is 0 Å². The summed E-state index contributed by atoms with van der Waals surface area (Å²) in [6, 6.07) is 8.26. The first kappa shape index (κ1) is 15.8. The lowest BCUT2D eigenvalue weighted by atomic mass is 10.0. The van der Waals surface area contributed by atoms with Crippen molar-refractivity contribution in [3.63, 3.8) is 0 Å². The summed E-state index contributed by atoms with van der Waals surface area (Å²) in [7, 11) is 0. The minimum atomic E-state index is 0.200. The number of hydrogen-bond donors (Lipinski definition) is 1. The third-order valence-electron chi connectivity index (χ3n) is 4.54. The summed E-state index contributed by atoms with van der Waals surface area (Å²) < 4.78 is 0. The van der Waals surface area contributed by atoms with Gasteiger partial charge in [-0.25, -0.2) is 0 Å². The fourth-order valence-electron chi connectivity index (χ4n) is 3.19. The van der Waals surface area contributed by atoms with E-state index in [2.05, 4.69) is 18.7 Å². The second-order valence-electron chi connectivity index (χ2n) is 5.71. The number of amides is 1. The first-order valence-electron chi connectivity index (χ1n) is 8.00. The minimum Gasteiger partial charge on any atom is -0.398 e. The molecule has 1 heterocycles. The Morgan fingerprint density at radius 2 is 1.86 bits per heavy atom. The fraction of sp³-hybridized carbons (Fsp3) is 0.588. The first-order chi connectivity index (χ1) is 10.2. The monoisotopic (exact) mass is 289 g/mol. The Morgan fingerprint density at radius 1 is 1.24 bits per heavy atom. The molecule has 1 saturated heterocycles. The van der Waals surface area contributed by atoms with E-state index in [4.69, 9.17) is 5.73 Å². The highest BCUT2D eigenvalue weighted by Crippen LogP contribution is 2.18. The number of para-hydroxylation sites is 1. The van der Waals surface area contributed by atoms with Gasteiger partial charge in [0, 0.05) is 24.8 Å². The van der Waals surface area contributed by atoms with Crippen molar-refractivity contribution < 1.29 is 4.79 Å². The predicted molar refractivity (Wildman–Crippen MR) is 87.1 cm³/mol. The van der Waals surface area contributed by atoms with Crippen LogP contribution in [0.15, 0.2) is 24.3 Å². The van der Waals surface area contributed by atoms with Crippen molar-refractivity contribution in [1.82, 2.24) is 9.80 Å². The van der Waals surface area contributed by atoms with Crippen molar-refractivity contribution in [2.45, 2.75) is 39.2 Å². The zero-order chi connectivity index (χ0) is 15.2. The molecule has 1 fully saturated rings. The molecule has 1 aromatic rings. The molecule has 1 amide bonds. The number of carbonyl (C=O) groups is 1. The molecule has 21 heavy (non-hydrogen) atoms. The third-order valence-corrected chi connectivity index (χ3v) is 4.54. The molecule has 0 radical (unpaired) electrons. The average Bonchev–Trinajstić information content (AvgIpc) is 2.51. The molecule has 0 atom stereocenters. The van der Waals surface area contributed by atoms with Gasteiger partial charge >= 0.3 is 0 Å². The van der Waals surface area contributed by atoms with E-state index in [1.165, 1.54) is 0 Å². The zero-order valence-corrected chi connectivity index (χ0v) is 13.2. The van der Waals surface area contributed by atoms with Crippen molar-refractivity contribution in [1.29, 1.82) is 0 Å². The zero-order valence-electron chi connectivity index (χ0n) is 13.2. The molecule has 0 spiro atoms. The molecular weight excluding hydrogens is 262 g/mol. The summed E-state index contributed by atoms with van der Waals surface area (Å²) in [4.78, 5) is 16.9. The van der Waals surface area contributed by atoms with Gasteiger partial charge in [-0.05, 0) is 37.6 Å². The number of nitrogens with zero attached hydrogens (tertiary/aromatic N) is 2. The molecule has 0 aliphatic carbocycles. The molecule has 2 N–H and O–H groups in total. The highest BCUT2D eigenvalue weighted by Gasteiger charge is 2.25. The van der Waals surface area contributed by atoms with E-state index in [1.807, 2.05) is 29.2 Å². The van der Waals surface area contributed by atoms with E-state index < -0.39 is 0 Å². The summed E-state index contributed by atoms with van der Waals surface area (Å²) in [5, 5.41) is 0. The van der Waals surface area contributed by atoms with Crippen LogP contribution in [-0.2, 0) is 11.2 Å². The summed E-state index contributed by atoms with van der Waals surface area (Å²) >= 11 is 0. The Bertz CT molecular complexity index is 463. The van der Waals surface area contributed by atoms with Gasteiger partial charge in [0.2, 0.25) is 5.91 Å². The number of nitrogens with two attached hydrogens (primary N) is 1. The van der Waals surface area contributed by atoms with Gasteiger partial charge in [0.25, 0.3) is 0 Å². The predicted octanol–water partition coefficient (Wildman–Crippen LogP) is 2.14. The van der Waals surface area contributed by atoms with E-state index in [0.717, 1.165) is 44.6 Å². The Kier molecular flexibility index (Phi) is 5.62. The largest absolute Gasteiger partial charge is 0.398 e. The van der Waals surface area contributed by atoms with E-state index in [9.17, 15) is 4.79 Å². The number of nitrogen functional groups attached to an aromatic ring is 1. The van der Waals surface area contributed by atoms with Crippen LogP contribution in [0.5, 0.6) is 0 Å². The first-order valence-corrected chi connectivity index (χ1v) is 8.00. The number of carbonyl (C=O) groups excluding carboxylic acids is 1. The molecule has 0 unspecified atom stereocenters. The molecule has 0 aromatic heterocycles. The summed E-state index contributed by atoms with van der Waals surface area (Å²) in [5.74, 6) is 0.200. The molecule has 1 aliphatic rings. The van der Waals surface area contributed by atoms with Crippen molar-refractivity contribution in [3.05, 3.63) is 29.8 Å². The molecular formula is C17H27N3O. The van der Waals surface area contributed by atoms with Crippen molar-refractivity contribution in [2.24, 2.45) is 0 Å². The summed E-state index contributed by atoms with van der Waals surface area (Å²) in [6.07, 6.45) is 2.58. The smallest absolute Gasteiger partial charge is 0.227 e. The Balaban J connectivity index is 1.87. The normalized spacial score (nSPS) is 16.4. The van der Waals surface area contributed by atoms with Crippen LogP contribution in [0.25, 0.3) is 0 Å². The third kappa shape index (κ3) is 3.97. The second-order valence-corrected chi connectivity index (χ2v) is 5.71.